The highest BCUT2D eigenvalue weighted by atomic mass is 32.2. The minimum Gasteiger partial charge on any atom is -0.488 e. The maximum atomic E-state index is 13.5. The Kier molecular flexibility index (Phi) is 9.01. The van der Waals surface area contributed by atoms with Gasteiger partial charge in [-0.3, -0.25) is 9.52 Å². The molecule has 0 saturated heterocycles. The third-order valence-electron chi connectivity index (χ3n) is 7.20. The molecule has 2 N–H and O–H groups in total. The summed E-state index contributed by atoms with van der Waals surface area (Å²) in [6.45, 7) is 6.47. The lowest BCUT2D eigenvalue weighted by atomic mass is 10.0. The number of fused-ring (bicyclic) bond motifs is 1. The van der Waals surface area contributed by atoms with Gasteiger partial charge in [-0.15, -0.1) is 0 Å². The molecule has 0 saturated carbocycles. The molecule has 42 heavy (non-hydrogen) atoms. The number of aryl methyl sites for hydroxylation is 3. The first-order valence-corrected chi connectivity index (χ1v) is 16.2. The number of nitrogens with one attached hydrogen (secondary N) is 1. The first-order chi connectivity index (χ1) is 19.6. The van der Waals surface area contributed by atoms with Crippen molar-refractivity contribution < 1.29 is 36.0 Å². The molecule has 0 radical (unpaired) electrons. The van der Waals surface area contributed by atoms with Gasteiger partial charge in [-0.1, -0.05) is 12.1 Å². The average Bonchev–Trinajstić information content (AvgIpc) is 3.52. The van der Waals surface area contributed by atoms with Crippen LogP contribution in [0.3, 0.4) is 0 Å². The lowest BCUT2D eigenvalue weighted by Gasteiger charge is -2.33. The third-order valence-corrected chi connectivity index (χ3v) is 10.5. The predicted octanol–water partition coefficient (Wildman–Crippen LogP) is 1.30. The number of nitrogens with zero attached hydrogens (tertiary/aromatic N) is 5. The number of ether oxygens (including phenoxy) is 1. The molecule has 3 atom stereocenters. The van der Waals surface area contributed by atoms with Gasteiger partial charge in [0.05, 0.1) is 31.9 Å². The van der Waals surface area contributed by atoms with Gasteiger partial charge >= 0.3 is 0 Å². The van der Waals surface area contributed by atoms with Crippen molar-refractivity contribution in [2.75, 3.05) is 31.5 Å². The van der Waals surface area contributed by atoms with E-state index in [1.807, 2.05) is 6.92 Å². The number of hydrogen-bond acceptors (Lipinski definition) is 10. The Morgan fingerprint density at radius 3 is 2.55 bits per heavy atom. The molecular weight excluding hydrogens is 588 g/mol. The summed E-state index contributed by atoms with van der Waals surface area (Å²) >= 11 is 0. The number of aromatic nitrogens is 3. The van der Waals surface area contributed by atoms with Gasteiger partial charge in [0.1, 0.15) is 22.4 Å². The number of anilines is 1. The molecule has 1 amide bonds. The van der Waals surface area contributed by atoms with Crippen molar-refractivity contribution in [3.8, 4) is 5.75 Å². The van der Waals surface area contributed by atoms with Gasteiger partial charge in [0.2, 0.25) is 15.9 Å². The Bertz CT molecular complexity index is 1650. The number of benzene rings is 1. The zero-order valence-corrected chi connectivity index (χ0v) is 25.9. The fourth-order valence-electron chi connectivity index (χ4n) is 4.80. The lowest BCUT2D eigenvalue weighted by molar-refractivity contribution is -0.134. The van der Waals surface area contributed by atoms with E-state index in [1.54, 1.807) is 27.0 Å². The molecular formula is C26H36N6O8S2. The number of aliphatic hydroxyl groups excluding tert-OH is 1. The Morgan fingerprint density at radius 2 is 1.95 bits per heavy atom. The number of likely N-dealkylation sites (N-methyl/N-ethyl adjacent to an activating group) is 1. The van der Waals surface area contributed by atoms with E-state index >= 15 is 0 Å². The number of aliphatic hydroxyl groups is 1. The Hall–Kier alpha value is -3.47. The standard InChI is InChI=1S/C26H36N6O8S2/c1-16-11-32(17(2)14-33)25(34)10-20-9-21(29-41(35,36)24-13-30(5)15-27-24)7-8-22(20)39-23(16)12-31(6)42(37,38)26-18(3)28-40-19(26)4/h7-9,13,15-17,23,29,33H,10-12,14H2,1-6H3/t16-,17+,23-/m1/s1. The van der Waals surface area contributed by atoms with Gasteiger partial charge in [0, 0.05) is 44.0 Å². The molecule has 16 heteroatoms. The molecule has 0 unspecified atom stereocenters. The average molecular weight is 625 g/mol. The summed E-state index contributed by atoms with van der Waals surface area (Å²) in [6, 6.07) is 4.04. The van der Waals surface area contributed by atoms with E-state index in [2.05, 4.69) is 14.9 Å². The van der Waals surface area contributed by atoms with E-state index in [0.717, 1.165) is 4.31 Å². The lowest BCUT2D eigenvalue weighted by Crippen LogP contribution is -2.48. The molecule has 0 fully saturated rings. The van der Waals surface area contributed by atoms with Crippen molar-refractivity contribution >= 4 is 31.6 Å². The summed E-state index contributed by atoms with van der Waals surface area (Å²) in [7, 11) is -4.91. The maximum Gasteiger partial charge on any atom is 0.280 e. The quantitative estimate of drug-likeness (QED) is 0.353. The van der Waals surface area contributed by atoms with Crippen LogP contribution < -0.4 is 9.46 Å². The molecule has 3 aromatic rings. The van der Waals surface area contributed by atoms with E-state index in [1.165, 1.54) is 48.1 Å². The molecule has 14 nitrogen and oxygen atoms in total. The Labute approximate surface area is 245 Å². The van der Waals surface area contributed by atoms with Crippen molar-refractivity contribution in [2.24, 2.45) is 13.0 Å². The minimum atomic E-state index is -4.00. The Balaban J connectivity index is 1.70. The van der Waals surface area contributed by atoms with Gasteiger partial charge in [-0.25, -0.2) is 13.4 Å². The van der Waals surface area contributed by atoms with Crippen LogP contribution in [0, 0.1) is 19.8 Å². The maximum absolute atomic E-state index is 13.5. The van der Waals surface area contributed by atoms with E-state index in [4.69, 9.17) is 9.26 Å². The molecule has 0 spiro atoms. The van der Waals surface area contributed by atoms with E-state index in [-0.39, 0.29) is 65.0 Å². The number of rotatable bonds is 9. The van der Waals surface area contributed by atoms with E-state index in [9.17, 15) is 26.7 Å². The van der Waals surface area contributed by atoms with E-state index < -0.39 is 32.2 Å². The number of carbonyl (C=O) groups excluding carboxylic acids is 1. The van der Waals surface area contributed by atoms with Crippen LogP contribution in [0.2, 0.25) is 0 Å². The first kappa shape index (κ1) is 31.5. The molecule has 230 valence electrons. The first-order valence-electron chi connectivity index (χ1n) is 13.2. The van der Waals surface area contributed by atoms with Crippen LogP contribution in [-0.2, 0) is 38.3 Å². The van der Waals surface area contributed by atoms with Gasteiger partial charge in [-0.05, 0) is 39.0 Å². The third kappa shape index (κ3) is 6.45. The Morgan fingerprint density at radius 1 is 1.24 bits per heavy atom. The normalized spacial score (nSPS) is 19.0. The summed E-state index contributed by atoms with van der Waals surface area (Å²) < 4.78 is 69.2. The van der Waals surface area contributed by atoms with Crippen LogP contribution >= 0.6 is 0 Å². The molecule has 4 rings (SSSR count). The summed E-state index contributed by atoms with van der Waals surface area (Å²) in [5, 5.41) is 13.5. The largest absolute Gasteiger partial charge is 0.488 e. The monoisotopic (exact) mass is 624 g/mol. The van der Waals surface area contributed by atoms with Crippen molar-refractivity contribution in [1.29, 1.82) is 0 Å². The molecule has 2 aromatic heterocycles. The zero-order chi connectivity index (χ0) is 31.0. The highest BCUT2D eigenvalue weighted by molar-refractivity contribution is 7.92. The molecule has 0 bridgehead atoms. The topological polar surface area (TPSA) is 177 Å². The molecule has 1 aliphatic heterocycles. The number of sulfonamides is 2. The highest BCUT2D eigenvalue weighted by Crippen LogP contribution is 2.31. The fourth-order valence-corrected chi connectivity index (χ4v) is 7.29. The summed E-state index contributed by atoms with van der Waals surface area (Å²) in [5.74, 6) is -0.182. The van der Waals surface area contributed by atoms with Gasteiger partial charge in [0.25, 0.3) is 10.0 Å². The number of amides is 1. The molecule has 1 aliphatic rings. The van der Waals surface area contributed by atoms with Crippen LogP contribution in [0.25, 0.3) is 0 Å². The van der Waals surface area contributed by atoms with Crippen LogP contribution in [0.15, 0.2) is 45.2 Å². The highest BCUT2D eigenvalue weighted by Gasteiger charge is 2.35. The van der Waals surface area contributed by atoms with Crippen molar-refractivity contribution in [1.82, 2.24) is 23.9 Å². The van der Waals surface area contributed by atoms with Crippen molar-refractivity contribution in [2.45, 2.75) is 56.2 Å². The SMILES string of the molecule is Cc1noc(C)c1S(=O)(=O)N(C)C[C@H]1Oc2ccc(NS(=O)(=O)c3cn(C)cn3)cc2CC(=O)N([C@@H](C)CO)C[C@H]1C. The van der Waals surface area contributed by atoms with Crippen LogP contribution in [0.4, 0.5) is 5.69 Å². The summed E-state index contributed by atoms with van der Waals surface area (Å²) in [4.78, 5) is 18.9. The van der Waals surface area contributed by atoms with Crippen LogP contribution in [-0.4, -0.2) is 90.7 Å². The second kappa shape index (κ2) is 12.0. The van der Waals surface area contributed by atoms with Crippen molar-refractivity contribution in [3.63, 3.8) is 0 Å². The van der Waals surface area contributed by atoms with E-state index in [0.29, 0.717) is 11.3 Å². The van der Waals surface area contributed by atoms with Crippen LogP contribution in [0.5, 0.6) is 5.75 Å². The summed E-state index contributed by atoms with van der Waals surface area (Å²) in [6.07, 6.45) is 1.87. The second-order valence-corrected chi connectivity index (χ2v) is 14.2. The van der Waals surface area contributed by atoms with Crippen molar-refractivity contribution in [3.05, 3.63) is 47.7 Å². The predicted molar refractivity (Wildman–Crippen MR) is 152 cm³/mol. The molecule has 1 aromatic carbocycles. The number of carbonyl (C=O) groups is 1. The van der Waals surface area contributed by atoms with Gasteiger partial charge in [0.15, 0.2) is 10.8 Å². The second-order valence-electron chi connectivity index (χ2n) is 10.6. The molecule has 3 heterocycles. The molecule has 0 aliphatic carbocycles. The zero-order valence-electron chi connectivity index (χ0n) is 24.3. The number of imidazole rings is 1. The van der Waals surface area contributed by atoms with Gasteiger partial charge < -0.3 is 23.8 Å². The minimum absolute atomic E-state index is 0.0170. The fraction of sp³-hybridized carbons (Fsp3) is 0.500. The number of hydrogen-bond donors (Lipinski definition) is 2. The van der Waals surface area contributed by atoms with Crippen LogP contribution in [0.1, 0.15) is 30.9 Å². The van der Waals surface area contributed by atoms with Gasteiger partial charge in [-0.2, -0.15) is 12.7 Å². The smallest absolute Gasteiger partial charge is 0.280 e. The summed E-state index contributed by atoms with van der Waals surface area (Å²) in [5.41, 5.74) is 0.827.